The normalized spacial score (nSPS) is 14.4. The zero-order valence-electron chi connectivity index (χ0n) is 16.2. The number of methoxy groups -OCH3 is 1. The monoisotopic (exact) mass is 374 g/mol. The first-order chi connectivity index (χ1) is 13.1. The highest BCUT2D eigenvalue weighted by molar-refractivity contribution is 5.80. The summed E-state index contributed by atoms with van der Waals surface area (Å²) < 4.78 is 20.7. The van der Waals surface area contributed by atoms with Crippen LogP contribution in [0.1, 0.15) is 29.2 Å². The second-order valence-electron chi connectivity index (χ2n) is 6.72. The van der Waals surface area contributed by atoms with Gasteiger partial charge in [-0.2, -0.15) is 0 Å². The van der Waals surface area contributed by atoms with Crippen molar-refractivity contribution in [3.8, 4) is 0 Å². The molecule has 0 saturated heterocycles. The average molecular weight is 374 g/mol. The fraction of sp³-hybridized carbons (Fsp3) is 0.526. The number of hydrogen-bond acceptors (Lipinski definition) is 4. The Labute approximate surface area is 159 Å². The van der Waals surface area contributed by atoms with Crippen LogP contribution in [0.5, 0.6) is 0 Å². The van der Waals surface area contributed by atoms with Gasteiger partial charge in [-0.1, -0.05) is 6.07 Å². The molecule has 1 N–H and O–H groups in total. The van der Waals surface area contributed by atoms with Crippen molar-refractivity contribution in [3.05, 3.63) is 46.8 Å². The van der Waals surface area contributed by atoms with Gasteiger partial charge in [-0.3, -0.25) is 0 Å². The molecule has 0 aliphatic carbocycles. The largest absolute Gasteiger partial charge is 0.385 e. The van der Waals surface area contributed by atoms with Crippen molar-refractivity contribution >= 4 is 5.96 Å². The van der Waals surface area contributed by atoms with Crippen molar-refractivity contribution in [2.24, 2.45) is 12.0 Å². The molecular formula is C19H27FN6O. The Kier molecular flexibility index (Phi) is 6.39. The third-order valence-corrected chi connectivity index (χ3v) is 4.84. The van der Waals surface area contributed by atoms with E-state index in [0.29, 0.717) is 19.7 Å². The maximum Gasteiger partial charge on any atom is 0.194 e. The summed E-state index contributed by atoms with van der Waals surface area (Å²) in [6, 6.07) is 5.03. The standard InChI is InChI=1S/C19H27FN6O/c1-14-23-24-18(25(14)2)12-22-19(21-8-4-10-27-3)26-9-7-15-5-6-17(20)11-16(15)13-26/h5-6,11H,4,7-10,12-13H2,1-3H3,(H,21,22). The van der Waals surface area contributed by atoms with E-state index in [1.165, 1.54) is 11.6 Å². The minimum atomic E-state index is -0.197. The van der Waals surface area contributed by atoms with Crippen LogP contribution in [-0.4, -0.2) is 52.4 Å². The summed E-state index contributed by atoms with van der Waals surface area (Å²) >= 11 is 0. The number of aromatic nitrogens is 3. The number of nitrogens with one attached hydrogen (secondary N) is 1. The van der Waals surface area contributed by atoms with Gasteiger partial charge < -0.3 is 19.5 Å². The number of benzene rings is 1. The lowest BCUT2D eigenvalue weighted by Gasteiger charge is -2.32. The molecule has 2 aromatic rings. The van der Waals surface area contributed by atoms with Crippen LogP contribution in [0.15, 0.2) is 23.2 Å². The molecule has 7 nitrogen and oxygen atoms in total. The zero-order chi connectivity index (χ0) is 19.2. The molecular weight excluding hydrogens is 347 g/mol. The van der Waals surface area contributed by atoms with E-state index in [1.54, 1.807) is 13.2 Å². The molecule has 1 aliphatic heterocycles. The molecule has 3 rings (SSSR count). The number of fused-ring (bicyclic) bond motifs is 1. The van der Waals surface area contributed by atoms with Gasteiger partial charge in [0, 0.05) is 40.4 Å². The number of guanidine groups is 1. The number of hydrogen-bond donors (Lipinski definition) is 1. The summed E-state index contributed by atoms with van der Waals surface area (Å²) in [4.78, 5) is 6.92. The molecule has 0 spiro atoms. The molecule has 0 bridgehead atoms. The van der Waals surface area contributed by atoms with Gasteiger partial charge in [0.2, 0.25) is 0 Å². The predicted octanol–water partition coefficient (Wildman–Crippen LogP) is 1.80. The van der Waals surface area contributed by atoms with Crippen molar-refractivity contribution in [1.82, 2.24) is 25.0 Å². The van der Waals surface area contributed by atoms with E-state index < -0.39 is 0 Å². The quantitative estimate of drug-likeness (QED) is 0.474. The summed E-state index contributed by atoms with van der Waals surface area (Å²) in [5.74, 6) is 2.28. The average Bonchev–Trinajstić information content (AvgIpc) is 2.99. The number of nitrogens with zero attached hydrogens (tertiary/aromatic N) is 5. The van der Waals surface area contributed by atoms with E-state index in [0.717, 1.165) is 49.1 Å². The van der Waals surface area contributed by atoms with Crippen LogP contribution in [0.2, 0.25) is 0 Å². The molecule has 0 atom stereocenters. The fourth-order valence-corrected chi connectivity index (χ4v) is 3.13. The first kappa shape index (κ1) is 19.3. The topological polar surface area (TPSA) is 67.6 Å². The molecule has 8 heteroatoms. The van der Waals surface area contributed by atoms with E-state index in [2.05, 4.69) is 20.4 Å². The highest BCUT2D eigenvalue weighted by atomic mass is 19.1. The van der Waals surface area contributed by atoms with E-state index in [4.69, 9.17) is 9.73 Å². The first-order valence-corrected chi connectivity index (χ1v) is 9.23. The Morgan fingerprint density at radius 3 is 2.93 bits per heavy atom. The lowest BCUT2D eigenvalue weighted by molar-refractivity contribution is 0.195. The number of ether oxygens (including phenoxy) is 1. The highest BCUT2D eigenvalue weighted by Crippen LogP contribution is 2.20. The van der Waals surface area contributed by atoms with E-state index in [9.17, 15) is 4.39 Å². The molecule has 1 aliphatic rings. The maximum absolute atomic E-state index is 13.6. The number of rotatable bonds is 6. The van der Waals surface area contributed by atoms with Gasteiger partial charge in [0.05, 0.1) is 0 Å². The summed E-state index contributed by atoms with van der Waals surface area (Å²) in [5, 5.41) is 11.7. The SMILES string of the molecule is COCCCNC(=NCc1nnc(C)n1C)N1CCc2ccc(F)cc2C1. The fourth-order valence-electron chi connectivity index (χ4n) is 3.13. The summed E-state index contributed by atoms with van der Waals surface area (Å²) in [6.07, 6.45) is 1.76. The first-order valence-electron chi connectivity index (χ1n) is 9.23. The summed E-state index contributed by atoms with van der Waals surface area (Å²) in [6.45, 7) is 5.29. The molecule has 27 heavy (non-hydrogen) atoms. The second kappa shape index (κ2) is 8.94. The Morgan fingerprint density at radius 1 is 1.33 bits per heavy atom. The van der Waals surface area contributed by atoms with Crippen molar-refractivity contribution in [3.63, 3.8) is 0 Å². The van der Waals surface area contributed by atoms with Crippen molar-refractivity contribution in [2.45, 2.75) is 32.9 Å². The van der Waals surface area contributed by atoms with Crippen LogP contribution in [0.25, 0.3) is 0 Å². The molecule has 0 radical (unpaired) electrons. The Bertz CT molecular complexity index is 803. The number of aryl methyl sites for hydroxylation is 1. The van der Waals surface area contributed by atoms with E-state index in [-0.39, 0.29) is 5.82 Å². The highest BCUT2D eigenvalue weighted by Gasteiger charge is 2.20. The van der Waals surface area contributed by atoms with Crippen LogP contribution >= 0.6 is 0 Å². The predicted molar refractivity (Wildman–Crippen MR) is 102 cm³/mol. The second-order valence-corrected chi connectivity index (χ2v) is 6.72. The zero-order valence-corrected chi connectivity index (χ0v) is 16.2. The number of aliphatic imine (C=N–C) groups is 1. The molecule has 0 saturated carbocycles. The van der Waals surface area contributed by atoms with E-state index in [1.807, 2.05) is 24.6 Å². The van der Waals surface area contributed by atoms with Crippen LogP contribution in [-0.2, 0) is 31.3 Å². The lowest BCUT2D eigenvalue weighted by atomic mass is 10.00. The van der Waals surface area contributed by atoms with Crippen LogP contribution in [0.4, 0.5) is 4.39 Å². The van der Waals surface area contributed by atoms with Gasteiger partial charge in [0.1, 0.15) is 18.2 Å². The Morgan fingerprint density at radius 2 is 2.19 bits per heavy atom. The Balaban J connectivity index is 1.74. The number of halogens is 1. The Hall–Kier alpha value is -2.48. The van der Waals surface area contributed by atoms with Crippen molar-refractivity contribution in [2.75, 3.05) is 26.8 Å². The minimum absolute atomic E-state index is 0.197. The van der Waals surface area contributed by atoms with Gasteiger partial charge in [0.25, 0.3) is 0 Å². The minimum Gasteiger partial charge on any atom is -0.385 e. The third-order valence-electron chi connectivity index (χ3n) is 4.84. The van der Waals surface area contributed by atoms with Gasteiger partial charge in [-0.25, -0.2) is 9.38 Å². The van der Waals surface area contributed by atoms with Gasteiger partial charge in [-0.05, 0) is 43.0 Å². The maximum atomic E-state index is 13.6. The summed E-state index contributed by atoms with van der Waals surface area (Å²) in [7, 11) is 3.63. The molecule has 0 amide bonds. The molecule has 0 fully saturated rings. The molecule has 146 valence electrons. The molecule has 0 unspecified atom stereocenters. The summed E-state index contributed by atoms with van der Waals surface area (Å²) in [5.41, 5.74) is 2.22. The lowest BCUT2D eigenvalue weighted by Crippen LogP contribution is -2.44. The van der Waals surface area contributed by atoms with Crippen LogP contribution in [0, 0.1) is 12.7 Å². The molecule has 1 aromatic heterocycles. The van der Waals surface area contributed by atoms with Gasteiger partial charge in [-0.15, -0.1) is 10.2 Å². The van der Waals surface area contributed by atoms with Crippen molar-refractivity contribution in [1.29, 1.82) is 0 Å². The van der Waals surface area contributed by atoms with Gasteiger partial charge >= 0.3 is 0 Å². The molecule has 2 heterocycles. The van der Waals surface area contributed by atoms with Crippen molar-refractivity contribution < 1.29 is 9.13 Å². The van der Waals surface area contributed by atoms with Crippen LogP contribution < -0.4 is 5.32 Å². The molecule has 1 aromatic carbocycles. The third kappa shape index (κ3) is 4.82. The van der Waals surface area contributed by atoms with Gasteiger partial charge in [0.15, 0.2) is 11.8 Å². The smallest absolute Gasteiger partial charge is 0.194 e. The van der Waals surface area contributed by atoms with Crippen LogP contribution in [0.3, 0.4) is 0 Å². The van der Waals surface area contributed by atoms with E-state index >= 15 is 0 Å².